The predicted octanol–water partition coefficient (Wildman–Crippen LogP) is 4.52. The molecule has 0 spiro atoms. The molecule has 1 N–H and O–H groups in total. The minimum absolute atomic E-state index is 0.190. The highest BCUT2D eigenvalue weighted by molar-refractivity contribution is 6.30. The lowest BCUT2D eigenvalue weighted by Gasteiger charge is -2.14. The molecule has 0 aliphatic carbocycles. The Morgan fingerprint density at radius 3 is 2.67 bits per heavy atom. The maximum absolute atomic E-state index is 12.6. The van der Waals surface area contributed by atoms with Gasteiger partial charge < -0.3 is 14.8 Å². The Bertz CT molecular complexity index is 1070. The summed E-state index contributed by atoms with van der Waals surface area (Å²) in [7, 11) is 1.50. The smallest absolute Gasteiger partial charge is 0.275 e. The summed E-state index contributed by atoms with van der Waals surface area (Å²) < 4.78 is 12.5. The van der Waals surface area contributed by atoms with Crippen molar-refractivity contribution >= 4 is 28.9 Å². The van der Waals surface area contributed by atoms with E-state index in [9.17, 15) is 14.9 Å². The molecule has 0 radical (unpaired) electrons. The summed E-state index contributed by atoms with van der Waals surface area (Å²) >= 11 is 5.84. The Balaban J connectivity index is 1.80. The van der Waals surface area contributed by atoms with E-state index in [0.29, 0.717) is 23.1 Å². The van der Waals surface area contributed by atoms with Gasteiger partial charge in [-0.2, -0.15) is 5.10 Å². The normalized spacial score (nSPS) is 11.6. The maximum atomic E-state index is 12.6. The first-order valence-corrected chi connectivity index (χ1v) is 9.32. The third-order valence-corrected chi connectivity index (χ3v) is 4.37. The Morgan fingerprint density at radius 1 is 1.30 bits per heavy atom. The summed E-state index contributed by atoms with van der Waals surface area (Å²) in [4.78, 5) is 23.3. The van der Waals surface area contributed by atoms with Gasteiger partial charge in [-0.05, 0) is 12.1 Å². The number of benzene rings is 2. The average molecular weight is 431 g/mol. The molecule has 0 fully saturated rings. The number of methoxy groups -OCH3 is 1. The van der Waals surface area contributed by atoms with Crippen LogP contribution in [0, 0.1) is 16.0 Å². The van der Waals surface area contributed by atoms with Crippen molar-refractivity contribution < 1.29 is 19.2 Å². The van der Waals surface area contributed by atoms with Gasteiger partial charge in [0.25, 0.3) is 5.69 Å². The third-order valence-electron chi connectivity index (χ3n) is 4.18. The van der Waals surface area contributed by atoms with Gasteiger partial charge in [-0.3, -0.25) is 19.6 Å². The van der Waals surface area contributed by atoms with Crippen molar-refractivity contribution in [1.29, 1.82) is 0 Å². The predicted molar refractivity (Wildman–Crippen MR) is 111 cm³/mol. The van der Waals surface area contributed by atoms with Gasteiger partial charge in [-0.25, -0.2) is 0 Å². The van der Waals surface area contributed by atoms with Gasteiger partial charge in [0.1, 0.15) is 5.75 Å². The van der Waals surface area contributed by atoms with E-state index in [1.54, 1.807) is 42.1 Å². The summed E-state index contributed by atoms with van der Waals surface area (Å²) in [6.45, 7) is 2.02. The molecule has 1 atom stereocenters. The summed E-state index contributed by atoms with van der Waals surface area (Å²) in [6, 6.07) is 11.0. The first kappa shape index (κ1) is 21.1. The monoisotopic (exact) mass is 430 g/mol. The highest BCUT2D eigenvalue weighted by Gasteiger charge is 2.18. The Morgan fingerprint density at radius 2 is 2.03 bits per heavy atom. The number of non-ortho nitro benzene ring substituents is 1. The molecule has 3 aromatic rings. The van der Waals surface area contributed by atoms with E-state index < -0.39 is 10.8 Å². The first-order chi connectivity index (χ1) is 14.4. The molecule has 3 rings (SSSR count). The summed E-state index contributed by atoms with van der Waals surface area (Å²) in [5, 5.41) is 18.5. The number of ether oxygens (including phenoxy) is 2. The molecule has 30 heavy (non-hydrogen) atoms. The molecular formula is C20H19ClN4O5. The number of para-hydroxylation sites is 2. The Labute approximate surface area is 177 Å². The van der Waals surface area contributed by atoms with Gasteiger partial charge in [0.05, 0.1) is 47.5 Å². The molecule has 0 saturated heterocycles. The summed E-state index contributed by atoms with van der Waals surface area (Å²) in [5.74, 6) is 0.266. The number of carbonyl (C=O) groups is 1. The second-order valence-corrected chi connectivity index (χ2v) is 6.93. The van der Waals surface area contributed by atoms with Gasteiger partial charge in [-0.15, -0.1) is 0 Å². The van der Waals surface area contributed by atoms with Crippen LogP contribution in [0.3, 0.4) is 0 Å². The zero-order valence-electron chi connectivity index (χ0n) is 16.2. The van der Waals surface area contributed by atoms with Gasteiger partial charge in [0, 0.05) is 18.3 Å². The molecule has 0 aliphatic heterocycles. The lowest BCUT2D eigenvalue weighted by Crippen LogP contribution is -2.24. The number of rotatable bonds is 8. The highest BCUT2D eigenvalue weighted by Crippen LogP contribution is 2.34. The van der Waals surface area contributed by atoms with Crippen LogP contribution in [0.2, 0.25) is 5.02 Å². The van der Waals surface area contributed by atoms with Crippen LogP contribution in [0.25, 0.3) is 0 Å². The van der Waals surface area contributed by atoms with Crippen molar-refractivity contribution in [3.63, 3.8) is 0 Å². The van der Waals surface area contributed by atoms with Crippen molar-refractivity contribution in [3.8, 4) is 17.2 Å². The lowest BCUT2D eigenvalue weighted by molar-refractivity contribution is -0.384. The van der Waals surface area contributed by atoms with Gasteiger partial charge in [-0.1, -0.05) is 30.7 Å². The number of anilines is 1. The van der Waals surface area contributed by atoms with E-state index in [0.717, 1.165) is 0 Å². The molecule has 1 unspecified atom stereocenters. The largest absolute Gasteiger partial charge is 0.493 e. The minimum Gasteiger partial charge on any atom is -0.493 e. The topological polar surface area (TPSA) is 109 Å². The van der Waals surface area contributed by atoms with Gasteiger partial charge >= 0.3 is 0 Å². The van der Waals surface area contributed by atoms with Crippen LogP contribution >= 0.6 is 11.6 Å². The first-order valence-electron chi connectivity index (χ1n) is 8.95. The van der Waals surface area contributed by atoms with Crippen LogP contribution in [0.1, 0.15) is 6.92 Å². The van der Waals surface area contributed by atoms with E-state index in [2.05, 4.69) is 10.4 Å². The van der Waals surface area contributed by atoms with Gasteiger partial charge in [0.2, 0.25) is 5.91 Å². The van der Waals surface area contributed by atoms with Crippen molar-refractivity contribution in [2.75, 3.05) is 12.4 Å². The lowest BCUT2D eigenvalue weighted by atomic mass is 10.1. The van der Waals surface area contributed by atoms with Crippen LogP contribution < -0.4 is 14.8 Å². The molecule has 2 aromatic carbocycles. The van der Waals surface area contributed by atoms with Crippen LogP contribution in [0.4, 0.5) is 11.4 Å². The van der Waals surface area contributed by atoms with Crippen molar-refractivity contribution in [2.45, 2.75) is 13.5 Å². The standard InChI is InChI=1S/C20H19ClN4O5/c1-13(11-24-12-14(21)10-22-24)20(26)23-15-7-16(25(27)28)9-17(8-15)30-19-6-4-3-5-18(19)29-2/h3-10,12-13H,11H2,1-2H3,(H,23,26). The maximum Gasteiger partial charge on any atom is 0.275 e. The fourth-order valence-electron chi connectivity index (χ4n) is 2.72. The second kappa shape index (κ2) is 9.27. The van der Waals surface area contributed by atoms with Crippen LogP contribution in [-0.4, -0.2) is 27.7 Å². The number of hydrogen-bond donors (Lipinski definition) is 1. The van der Waals surface area contributed by atoms with E-state index in [1.165, 1.54) is 31.5 Å². The molecule has 1 heterocycles. The SMILES string of the molecule is COc1ccccc1Oc1cc(NC(=O)C(C)Cn2cc(Cl)cn2)cc([N+](=O)[O-])c1. The quantitative estimate of drug-likeness (QED) is 0.415. The number of nitrogens with zero attached hydrogens (tertiary/aromatic N) is 3. The van der Waals surface area contributed by atoms with Crippen molar-refractivity contribution in [2.24, 2.45) is 5.92 Å². The minimum atomic E-state index is -0.556. The van der Waals surface area contributed by atoms with Gasteiger partial charge in [0.15, 0.2) is 11.5 Å². The third kappa shape index (κ3) is 5.26. The second-order valence-electron chi connectivity index (χ2n) is 6.50. The summed E-state index contributed by atoms with van der Waals surface area (Å²) in [6.07, 6.45) is 3.09. The molecule has 10 heteroatoms. The molecule has 0 aliphatic rings. The zero-order valence-corrected chi connectivity index (χ0v) is 17.0. The van der Waals surface area contributed by atoms with E-state index in [4.69, 9.17) is 21.1 Å². The Hall–Kier alpha value is -3.59. The Kier molecular flexibility index (Phi) is 6.53. The fourth-order valence-corrected chi connectivity index (χ4v) is 2.87. The van der Waals surface area contributed by atoms with Crippen LogP contribution in [0.15, 0.2) is 54.9 Å². The van der Waals surface area contributed by atoms with E-state index in [-0.39, 0.29) is 23.0 Å². The van der Waals surface area contributed by atoms with Crippen LogP contribution in [0.5, 0.6) is 17.2 Å². The molecule has 9 nitrogen and oxygen atoms in total. The average Bonchev–Trinajstić information content (AvgIpc) is 3.12. The number of nitro groups is 1. The number of halogens is 1. The highest BCUT2D eigenvalue weighted by atomic mass is 35.5. The molecule has 156 valence electrons. The van der Waals surface area contributed by atoms with Crippen molar-refractivity contribution in [3.05, 3.63) is 70.0 Å². The number of hydrogen-bond acceptors (Lipinski definition) is 6. The molecule has 1 amide bonds. The summed E-state index contributed by atoms with van der Waals surface area (Å²) in [5.41, 5.74) is 0.0219. The molecular weight excluding hydrogens is 412 g/mol. The zero-order chi connectivity index (χ0) is 21.7. The number of aromatic nitrogens is 2. The van der Waals surface area contributed by atoms with Crippen LogP contribution in [-0.2, 0) is 11.3 Å². The molecule has 1 aromatic heterocycles. The number of nitrogens with one attached hydrogen (secondary N) is 1. The van der Waals surface area contributed by atoms with Crippen molar-refractivity contribution in [1.82, 2.24) is 9.78 Å². The van der Waals surface area contributed by atoms with E-state index >= 15 is 0 Å². The molecule has 0 bridgehead atoms. The molecule has 0 saturated carbocycles. The fraction of sp³-hybridized carbons (Fsp3) is 0.200. The van der Waals surface area contributed by atoms with E-state index in [1.807, 2.05) is 0 Å². The number of amides is 1. The number of nitro benzene ring substituents is 1. The number of carbonyl (C=O) groups excluding carboxylic acids is 1.